The summed E-state index contributed by atoms with van der Waals surface area (Å²) in [5.41, 5.74) is 1.33. The lowest BCUT2D eigenvalue weighted by atomic mass is 10.3. The van der Waals surface area contributed by atoms with Crippen molar-refractivity contribution < 1.29 is 4.79 Å². The summed E-state index contributed by atoms with van der Waals surface area (Å²) in [6.45, 7) is 2.27. The van der Waals surface area contributed by atoms with Crippen LogP contribution in [-0.4, -0.2) is 23.2 Å². The molecule has 4 nitrogen and oxygen atoms in total. The predicted molar refractivity (Wildman–Crippen MR) is 50.0 cm³/mol. The van der Waals surface area contributed by atoms with Crippen molar-refractivity contribution in [2.45, 2.75) is 6.92 Å². The second-order valence-corrected chi connectivity index (χ2v) is 3.28. The van der Waals surface area contributed by atoms with Gasteiger partial charge in [0.2, 0.25) is 13.0 Å². The van der Waals surface area contributed by atoms with Crippen LogP contribution in [0.25, 0.3) is 0 Å². The molecule has 0 spiro atoms. The van der Waals surface area contributed by atoms with Gasteiger partial charge in [-0.25, -0.2) is 4.42 Å². The Balaban J connectivity index is 2.36. The first-order chi connectivity index (χ1) is 6.22. The molecule has 0 saturated heterocycles. The Bertz CT molecular complexity index is 345. The van der Waals surface area contributed by atoms with E-state index >= 15 is 0 Å². The lowest BCUT2D eigenvalue weighted by Crippen LogP contribution is -2.41. The third kappa shape index (κ3) is 1.28. The molecule has 0 atom stereocenters. The van der Waals surface area contributed by atoms with Crippen LogP contribution in [-0.2, 0) is 4.79 Å². The third-order valence-corrected chi connectivity index (χ3v) is 2.21. The number of aliphatic imine (C=N–C) groups is 1. The molecule has 0 fully saturated rings. The average molecular weight is 198 g/mol. The van der Waals surface area contributed by atoms with E-state index in [0.29, 0.717) is 12.4 Å². The Morgan fingerprint density at radius 1 is 1.77 bits per heavy atom. The molecule has 0 amide bonds. The second kappa shape index (κ2) is 2.97. The van der Waals surface area contributed by atoms with Gasteiger partial charge in [0, 0.05) is 24.1 Å². The minimum atomic E-state index is 0.461. The highest BCUT2D eigenvalue weighted by atomic mass is 35.5. The molecule has 1 radical (unpaired) electrons. The number of carbonyl (C=O) groups is 1. The molecule has 0 aliphatic carbocycles. The van der Waals surface area contributed by atoms with E-state index < -0.39 is 0 Å². The molecule has 2 rings (SSSR count). The SMILES string of the molecule is CC1=C(C=O)[N+]2CN(Cl)C=CC2=N1. The Labute approximate surface area is 80.9 Å². The van der Waals surface area contributed by atoms with Crippen LogP contribution >= 0.6 is 11.8 Å². The summed E-state index contributed by atoms with van der Waals surface area (Å²) >= 11 is 5.76. The van der Waals surface area contributed by atoms with Gasteiger partial charge in [-0.05, 0) is 6.92 Å². The van der Waals surface area contributed by atoms with Crippen LogP contribution in [0.2, 0.25) is 0 Å². The summed E-state index contributed by atoms with van der Waals surface area (Å²) < 4.78 is 1.47. The van der Waals surface area contributed by atoms with E-state index in [0.717, 1.165) is 17.8 Å². The minimum Gasteiger partial charge on any atom is -0.292 e. The van der Waals surface area contributed by atoms with Gasteiger partial charge in [-0.15, -0.1) is 0 Å². The fourth-order valence-corrected chi connectivity index (χ4v) is 1.53. The van der Waals surface area contributed by atoms with Gasteiger partial charge in [-0.2, -0.15) is 4.99 Å². The van der Waals surface area contributed by atoms with Crippen LogP contribution in [0.1, 0.15) is 6.92 Å². The molecule has 0 aromatic rings. The third-order valence-electron chi connectivity index (χ3n) is 1.99. The van der Waals surface area contributed by atoms with Crippen molar-refractivity contribution in [3.05, 3.63) is 23.7 Å². The van der Waals surface area contributed by atoms with Crippen molar-refractivity contribution in [3.63, 3.8) is 0 Å². The maximum Gasteiger partial charge on any atom is 0.285 e. The highest BCUT2D eigenvalue weighted by Gasteiger charge is 2.38. The van der Waals surface area contributed by atoms with Crippen molar-refractivity contribution in [2.24, 2.45) is 4.99 Å². The Hall–Kier alpha value is -1.13. The van der Waals surface area contributed by atoms with Crippen LogP contribution in [0.3, 0.4) is 0 Å². The topological polar surface area (TPSA) is 38.6 Å². The van der Waals surface area contributed by atoms with Crippen molar-refractivity contribution in [3.8, 4) is 0 Å². The van der Waals surface area contributed by atoms with Crippen molar-refractivity contribution in [1.29, 1.82) is 0 Å². The first-order valence-corrected chi connectivity index (χ1v) is 4.19. The van der Waals surface area contributed by atoms with Gasteiger partial charge in [0.25, 0.3) is 11.5 Å². The largest absolute Gasteiger partial charge is 0.292 e. The summed E-state index contributed by atoms with van der Waals surface area (Å²) in [6.07, 6.45) is 4.30. The van der Waals surface area contributed by atoms with Gasteiger partial charge in [-0.1, -0.05) is 4.90 Å². The number of hydrogen-bond acceptors (Lipinski definition) is 4. The molecule has 2 heterocycles. The van der Waals surface area contributed by atoms with Crippen LogP contribution in [0, 0.1) is 0 Å². The predicted octanol–water partition coefficient (Wildman–Crippen LogP) is 0.910. The number of fused-ring (bicyclic) bond motifs is 1. The number of allylic oxidation sites excluding steroid dienone is 2. The Kier molecular flexibility index (Phi) is 1.94. The Morgan fingerprint density at radius 2 is 2.54 bits per heavy atom. The molecule has 0 saturated carbocycles. The van der Waals surface area contributed by atoms with Crippen molar-refractivity contribution in [2.75, 3.05) is 6.67 Å². The van der Waals surface area contributed by atoms with E-state index in [1.165, 1.54) is 4.42 Å². The number of nitrogens with zero attached hydrogens (tertiary/aromatic N) is 3. The van der Waals surface area contributed by atoms with Gasteiger partial charge in [0.05, 0.1) is 0 Å². The fraction of sp³-hybridized carbons (Fsp3) is 0.250. The molecular weight excluding hydrogens is 190 g/mol. The normalized spacial score (nSPS) is 22.0. The van der Waals surface area contributed by atoms with Crippen LogP contribution < -0.4 is 4.90 Å². The van der Waals surface area contributed by atoms with E-state index in [1.807, 2.05) is 6.92 Å². The van der Waals surface area contributed by atoms with Crippen molar-refractivity contribution >= 4 is 23.9 Å². The number of rotatable bonds is 1. The van der Waals surface area contributed by atoms with Gasteiger partial charge < -0.3 is 0 Å². The number of halogens is 1. The smallest absolute Gasteiger partial charge is 0.285 e. The molecule has 2 aliphatic rings. The van der Waals surface area contributed by atoms with E-state index in [9.17, 15) is 4.79 Å². The maximum atomic E-state index is 10.7. The number of amidine groups is 1. The maximum absolute atomic E-state index is 10.7. The Morgan fingerprint density at radius 3 is 3.23 bits per heavy atom. The quantitative estimate of drug-likeness (QED) is 0.356. The van der Waals surface area contributed by atoms with Gasteiger partial charge in [0.1, 0.15) is 5.70 Å². The van der Waals surface area contributed by atoms with E-state index in [1.54, 1.807) is 17.2 Å². The van der Waals surface area contributed by atoms with Crippen LogP contribution in [0.5, 0.6) is 0 Å². The van der Waals surface area contributed by atoms with Gasteiger partial charge in [0.15, 0.2) is 0 Å². The zero-order valence-electron chi connectivity index (χ0n) is 7.07. The summed E-state index contributed by atoms with van der Waals surface area (Å²) in [5.74, 6) is 0.775. The average Bonchev–Trinajstić information content (AvgIpc) is 2.40. The fourth-order valence-electron chi connectivity index (χ4n) is 1.36. The number of aldehydes is 1. The van der Waals surface area contributed by atoms with Crippen LogP contribution in [0.15, 0.2) is 28.7 Å². The molecule has 0 bridgehead atoms. The van der Waals surface area contributed by atoms with E-state index in [-0.39, 0.29) is 0 Å². The first-order valence-electron chi connectivity index (χ1n) is 3.85. The van der Waals surface area contributed by atoms with Gasteiger partial charge >= 0.3 is 0 Å². The molecule has 0 aromatic carbocycles. The molecule has 13 heavy (non-hydrogen) atoms. The van der Waals surface area contributed by atoms with Crippen LogP contribution in [0.4, 0.5) is 0 Å². The molecule has 0 N–H and O–H groups in total. The molecule has 2 aliphatic heterocycles. The number of hydrogen-bond donors (Lipinski definition) is 0. The highest BCUT2D eigenvalue weighted by molar-refractivity contribution is 6.15. The monoisotopic (exact) mass is 197 g/mol. The minimum absolute atomic E-state index is 0.461. The number of carbonyl (C=O) groups excluding carboxylic acids is 1. The molecule has 0 aromatic heterocycles. The van der Waals surface area contributed by atoms with Gasteiger partial charge in [-0.3, -0.25) is 4.79 Å². The molecule has 0 unspecified atom stereocenters. The summed E-state index contributed by atoms with van der Waals surface area (Å²) in [4.78, 5) is 16.7. The molecule has 67 valence electrons. The van der Waals surface area contributed by atoms with E-state index in [4.69, 9.17) is 11.8 Å². The molecule has 5 heteroatoms. The highest BCUT2D eigenvalue weighted by Crippen LogP contribution is 2.20. The van der Waals surface area contributed by atoms with Crippen molar-refractivity contribution in [1.82, 2.24) is 9.32 Å². The zero-order chi connectivity index (χ0) is 9.42. The lowest BCUT2D eigenvalue weighted by molar-refractivity contribution is -0.105. The zero-order valence-corrected chi connectivity index (χ0v) is 7.82. The summed E-state index contributed by atoms with van der Waals surface area (Å²) in [5, 5.41) is 0. The second-order valence-electron chi connectivity index (χ2n) is 2.84. The standard InChI is InChI=1S/C8H8ClN3O/c1-6-7(4-13)12-5-11(9)3-2-8(12)10-6/h2-4H,5H2,1H3/q+1. The lowest BCUT2D eigenvalue weighted by Gasteiger charge is -2.15. The van der Waals surface area contributed by atoms with E-state index in [2.05, 4.69) is 4.99 Å². The first kappa shape index (κ1) is 8.47. The molecular formula is C8H8ClN3O+. The summed E-state index contributed by atoms with van der Waals surface area (Å²) in [6, 6.07) is 0. The summed E-state index contributed by atoms with van der Waals surface area (Å²) in [7, 11) is 0.